The average molecular weight is 501 g/mol. The van der Waals surface area contributed by atoms with Crippen LogP contribution in [0.5, 0.6) is 5.75 Å². The molecule has 0 spiro atoms. The second kappa shape index (κ2) is 10.7. The van der Waals surface area contributed by atoms with Gasteiger partial charge in [0.25, 0.3) is 5.91 Å². The van der Waals surface area contributed by atoms with Crippen LogP contribution in [-0.2, 0) is 11.4 Å². The molecular weight excluding hydrogens is 479 g/mol. The van der Waals surface area contributed by atoms with Crippen LogP contribution in [0.1, 0.15) is 22.3 Å². The van der Waals surface area contributed by atoms with Crippen molar-refractivity contribution in [1.82, 2.24) is 0 Å². The van der Waals surface area contributed by atoms with Crippen molar-refractivity contribution in [2.75, 3.05) is 5.32 Å². The van der Waals surface area contributed by atoms with Crippen LogP contribution in [-0.4, -0.2) is 5.91 Å². The smallest absolute Gasteiger partial charge is 0.266 e. The van der Waals surface area contributed by atoms with Gasteiger partial charge in [-0.1, -0.05) is 83.4 Å². The summed E-state index contributed by atoms with van der Waals surface area (Å²) in [5.74, 6) is -0.188. The lowest BCUT2D eigenvalue weighted by atomic mass is 10.1. The summed E-state index contributed by atoms with van der Waals surface area (Å²) in [6.45, 7) is 4.12. The highest BCUT2D eigenvalue weighted by Crippen LogP contribution is 2.35. The van der Waals surface area contributed by atoms with Gasteiger partial charge < -0.3 is 10.1 Å². The van der Waals surface area contributed by atoms with Gasteiger partial charge in [-0.15, -0.1) is 0 Å². The third-order valence-electron chi connectivity index (χ3n) is 5.58. The van der Waals surface area contributed by atoms with Crippen LogP contribution in [0.4, 0.5) is 5.69 Å². The molecule has 0 saturated heterocycles. The fourth-order valence-corrected chi connectivity index (χ4v) is 4.42. The minimum absolute atomic E-state index is 0.0988. The predicted molar refractivity (Wildman–Crippen MR) is 143 cm³/mol. The summed E-state index contributed by atoms with van der Waals surface area (Å²) < 4.78 is 6.12. The molecule has 35 heavy (non-hydrogen) atoms. The number of fused-ring (bicyclic) bond motifs is 1. The topological polar surface area (TPSA) is 62.1 Å². The third kappa shape index (κ3) is 5.66. The van der Waals surface area contributed by atoms with Crippen molar-refractivity contribution >= 4 is 51.6 Å². The number of carbonyl (C=O) groups is 1. The largest absolute Gasteiger partial charge is 0.487 e. The number of hydrogen-bond acceptors (Lipinski definition) is 3. The Labute approximate surface area is 214 Å². The fourth-order valence-electron chi connectivity index (χ4n) is 3.86. The van der Waals surface area contributed by atoms with Crippen LogP contribution >= 0.6 is 23.2 Å². The van der Waals surface area contributed by atoms with Crippen LogP contribution < -0.4 is 10.1 Å². The van der Waals surface area contributed by atoms with Crippen molar-refractivity contribution in [2.45, 2.75) is 20.5 Å². The minimum Gasteiger partial charge on any atom is -0.487 e. The third-order valence-corrected chi connectivity index (χ3v) is 6.08. The van der Waals surface area contributed by atoms with Gasteiger partial charge in [0, 0.05) is 16.3 Å². The SMILES string of the molecule is Cc1ccc(NC(=O)/C(C#N)=C/c2cc(Cl)cc(Cl)c2OCc2cccc3ccccc23)c(C)c1. The minimum atomic E-state index is -0.532. The molecule has 4 rings (SSSR count). The summed E-state index contributed by atoms with van der Waals surface area (Å²) in [6, 6.07) is 24.9. The molecule has 0 bridgehead atoms. The van der Waals surface area contributed by atoms with E-state index in [1.165, 1.54) is 6.08 Å². The lowest BCUT2D eigenvalue weighted by Gasteiger charge is -2.14. The van der Waals surface area contributed by atoms with E-state index in [-0.39, 0.29) is 17.2 Å². The van der Waals surface area contributed by atoms with E-state index in [1.54, 1.807) is 12.1 Å². The number of hydrogen-bond donors (Lipinski definition) is 1. The number of ether oxygens (including phenoxy) is 1. The van der Waals surface area contributed by atoms with Crippen molar-refractivity contribution in [1.29, 1.82) is 5.26 Å². The summed E-state index contributed by atoms with van der Waals surface area (Å²) in [4.78, 5) is 12.9. The first-order valence-electron chi connectivity index (χ1n) is 10.9. The summed E-state index contributed by atoms with van der Waals surface area (Å²) in [5.41, 5.74) is 3.95. The maximum Gasteiger partial charge on any atom is 0.266 e. The van der Waals surface area contributed by atoms with Crippen molar-refractivity contribution in [3.05, 3.63) is 111 Å². The first kappa shape index (κ1) is 24.3. The van der Waals surface area contributed by atoms with Gasteiger partial charge in [-0.2, -0.15) is 5.26 Å². The zero-order valence-corrected chi connectivity index (χ0v) is 20.7. The number of nitrogens with zero attached hydrogens (tertiary/aromatic N) is 1. The Hall–Kier alpha value is -3.78. The number of rotatable bonds is 6. The van der Waals surface area contributed by atoms with Crippen molar-refractivity contribution < 1.29 is 9.53 Å². The maximum atomic E-state index is 12.9. The normalized spacial score (nSPS) is 11.2. The number of nitriles is 1. The molecule has 0 saturated carbocycles. The summed E-state index contributed by atoms with van der Waals surface area (Å²) >= 11 is 12.7. The molecule has 0 heterocycles. The van der Waals surface area contributed by atoms with E-state index in [1.807, 2.05) is 80.6 Å². The molecule has 0 aromatic heterocycles. The monoisotopic (exact) mass is 500 g/mol. The predicted octanol–water partition coefficient (Wildman–Crippen LogP) is 7.89. The number of carbonyl (C=O) groups excluding carboxylic acids is 1. The molecule has 1 amide bonds. The van der Waals surface area contributed by atoms with E-state index in [4.69, 9.17) is 27.9 Å². The van der Waals surface area contributed by atoms with Gasteiger partial charge >= 0.3 is 0 Å². The van der Waals surface area contributed by atoms with Gasteiger partial charge in [0.05, 0.1) is 5.02 Å². The Kier molecular flexibility index (Phi) is 7.41. The molecule has 0 aliphatic carbocycles. The Morgan fingerprint density at radius 1 is 1.03 bits per heavy atom. The van der Waals surface area contributed by atoms with E-state index >= 15 is 0 Å². The zero-order valence-electron chi connectivity index (χ0n) is 19.2. The molecule has 174 valence electrons. The molecule has 0 radical (unpaired) electrons. The summed E-state index contributed by atoms with van der Waals surface area (Å²) in [5, 5.41) is 15.3. The molecule has 0 unspecified atom stereocenters. The summed E-state index contributed by atoms with van der Waals surface area (Å²) in [7, 11) is 0. The lowest BCUT2D eigenvalue weighted by Crippen LogP contribution is -2.14. The van der Waals surface area contributed by atoms with E-state index in [2.05, 4.69) is 5.32 Å². The Bertz CT molecular complexity index is 1500. The lowest BCUT2D eigenvalue weighted by molar-refractivity contribution is -0.112. The molecular formula is C29H22Cl2N2O2. The molecule has 6 heteroatoms. The Morgan fingerprint density at radius 2 is 1.80 bits per heavy atom. The van der Waals surface area contributed by atoms with Crippen LogP contribution in [0.2, 0.25) is 10.0 Å². The Morgan fingerprint density at radius 3 is 2.57 bits per heavy atom. The fraction of sp³-hybridized carbons (Fsp3) is 0.103. The molecule has 0 atom stereocenters. The molecule has 4 aromatic carbocycles. The number of nitrogens with one attached hydrogen (secondary N) is 1. The number of benzene rings is 4. The number of amides is 1. The average Bonchev–Trinajstić information content (AvgIpc) is 2.83. The first-order chi connectivity index (χ1) is 16.9. The van der Waals surface area contributed by atoms with E-state index in [9.17, 15) is 10.1 Å². The van der Waals surface area contributed by atoms with Crippen LogP contribution in [0.25, 0.3) is 16.8 Å². The van der Waals surface area contributed by atoms with Gasteiger partial charge in [-0.05, 0) is 60.0 Å². The highest BCUT2D eigenvalue weighted by molar-refractivity contribution is 6.36. The number of halogens is 2. The zero-order chi connectivity index (χ0) is 24.9. The standard InChI is InChI=1S/C29H22Cl2N2O2/c1-18-10-11-27(19(2)12-18)33-29(34)23(16-32)13-22-14-24(30)15-26(31)28(22)35-17-21-8-5-7-20-6-3-4-9-25(20)21/h3-15H,17H2,1-2H3,(H,33,34)/b23-13+. The van der Waals surface area contributed by atoms with Gasteiger partial charge in [-0.25, -0.2) is 0 Å². The van der Waals surface area contributed by atoms with Crippen molar-refractivity contribution in [2.24, 2.45) is 0 Å². The molecule has 0 aliphatic heterocycles. The second-order valence-corrected chi connectivity index (χ2v) is 9.02. The van der Waals surface area contributed by atoms with E-state index in [0.717, 1.165) is 27.5 Å². The van der Waals surface area contributed by atoms with Crippen molar-refractivity contribution in [3.8, 4) is 11.8 Å². The van der Waals surface area contributed by atoms with Gasteiger partial charge in [-0.3, -0.25) is 4.79 Å². The quantitative estimate of drug-likeness (QED) is 0.216. The first-order valence-corrected chi connectivity index (χ1v) is 11.7. The molecule has 4 nitrogen and oxygen atoms in total. The van der Waals surface area contributed by atoms with Gasteiger partial charge in [0.15, 0.2) is 0 Å². The maximum absolute atomic E-state index is 12.9. The van der Waals surface area contributed by atoms with E-state index < -0.39 is 5.91 Å². The second-order valence-electron chi connectivity index (χ2n) is 8.18. The van der Waals surface area contributed by atoms with Gasteiger partial charge in [0.2, 0.25) is 0 Å². The molecule has 1 N–H and O–H groups in total. The van der Waals surface area contributed by atoms with Gasteiger partial charge in [0.1, 0.15) is 24.0 Å². The number of anilines is 1. The summed E-state index contributed by atoms with van der Waals surface area (Å²) in [6.07, 6.45) is 1.44. The van der Waals surface area contributed by atoms with Crippen LogP contribution in [0.3, 0.4) is 0 Å². The van der Waals surface area contributed by atoms with E-state index in [0.29, 0.717) is 22.0 Å². The van der Waals surface area contributed by atoms with Crippen LogP contribution in [0.15, 0.2) is 78.4 Å². The van der Waals surface area contributed by atoms with Crippen LogP contribution in [0, 0.1) is 25.2 Å². The molecule has 4 aromatic rings. The number of aryl methyl sites for hydroxylation is 2. The molecule has 0 fully saturated rings. The molecule has 0 aliphatic rings. The van der Waals surface area contributed by atoms with Crippen molar-refractivity contribution in [3.63, 3.8) is 0 Å². The highest BCUT2D eigenvalue weighted by Gasteiger charge is 2.16. The Balaban J connectivity index is 1.64. The highest BCUT2D eigenvalue weighted by atomic mass is 35.5.